The number of hydrogen-bond donors (Lipinski definition) is 0. The molecule has 0 aliphatic heterocycles. The monoisotopic (exact) mass is 627 g/mol. The van der Waals surface area contributed by atoms with E-state index in [-0.39, 0.29) is 31.2 Å². The second kappa shape index (κ2) is 12.7. The average molecular weight is 627 g/mol. The molecule has 0 saturated carbocycles. The van der Waals surface area contributed by atoms with Crippen LogP contribution in [0.3, 0.4) is 0 Å². The molecule has 3 aromatic carbocycles. The van der Waals surface area contributed by atoms with Crippen LogP contribution in [0.2, 0.25) is 0 Å². The molecular weight excluding hydrogens is 593 g/mol. The molecule has 5 aromatic rings. The Morgan fingerprint density at radius 1 is 0.765 bits per heavy atom. The fourth-order valence-corrected chi connectivity index (χ4v) is 3.21. The van der Waals surface area contributed by atoms with E-state index in [0.29, 0.717) is 16.8 Å². The van der Waals surface area contributed by atoms with Crippen molar-refractivity contribution in [3.05, 3.63) is 133 Å². The van der Waals surface area contributed by atoms with E-state index in [1.54, 1.807) is 30.3 Å². The van der Waals surface area contributed by atoms with E-state index in [9.17, 15) is 0 Å². The van der Waals surface area contributed by atoms with E-state index in [0.717, 1.165) is 16.8 Å². The van der Waals surface area contributed by atoms with Crippen LogP contribution in [0.25, 0.3) is 33.6 Å². The van der Waals surface area contributed by atoms with Crippen molar-refractivity contribution in [3.63, 3.8) is 0 Å². The molecule has 0 N–H and O–H groups in total. The summed E-state index contributed by atoms with van der Waals surface area (Å²) in [5, 5.41) is 0. The van der Waals surface area contributed by atoms with Gasteiger partial charge < -0.3 is 9.97 Å². The number of aromatic nitrogens is 2. The van der Waals surface area contributed by atoms with Gasteiger partial charge in [0.15, 0.2) is 0 Å². The Hall–Kier alpha value is -3.39. The molecule has 0 fully saturated rings. The Bertz CT molecular complexity index is 1560. The normalized spacial score (nSPS) is 14.6. The van der Waals surface area contributed by atoms with Crippen molar-refractivity contribution in [1.82, 2.24) is 9.97 Å². The van der Waals surface area contributed by atoms with E-state index >= 15 is 0 Å². The smallest absolute Gasteiger partial charge is 0.0313 e. The third-order valence-corrected chi connectivity index (χ3v) is 4.86. The van der Waals surface area contributed by atoms with Gasteiger partial charge in [0.2, 0.25) is 0 Å². The Balaban J connectivity index is 0.000000247. The van der Waals surface area contributed by atoms with Gasteiger partial charge in [0.25, 0.3) is 0 Å². The molecule has 0 aliphatic rings. The second-order valence-corrected chi connectivity index (χ2v) is 7.09. The van der Waals surface area contributed by atoms with Crippen molar-refractivity contribution in [2.75, 3.05) is 0 Å². The summed E-state index contributed by atoms with van der Waals surface area (Å²) >= 11 is 0. The standard InChI is InChI=1S/C19H16N.C12H10N.Ir/c1-2-15-13-19(17-11-7-4-8-12-17)20-14-18(15)16-9-5-3-6-10-16;1-10-7-8-12(13-9-10)11-5-3-2-4-6-11;/h3-11,13-14H,2H2,1H3;2-5,7-9H,1H3;/q2*-1;/i1D3,2D2;1D3;. The topological polar surface area (TPSA) is 25.8 Å². The van der Waals surface area contributed by atoms with Crippen molar-refractivity contribution < 1.29 is 31.1 Å². The summed E-state index contributed by atoms with van der Waals surface area (Å²) in [5.74, 6) is 0. The molecule has 2 aromatic heterocycles. The predicted octanol–water partition coefficient (Wildman–Crippen LogP) is 7.63. The van der Waals surface area contributed by atoms with Gasteiger partial charge in [-0.25, -0.2) is 0 Å². The largest absolute Gasteiger partial charge is 0.304 e. The Kier molecular flexibility index (Phi) is 6.10. The third kappa shape index (κ3) is 6.57. The summed E-state index contributed by atoms with van der Waals surface area (Å²) in [6.07, 6.45) is 0.415. The van der Waals surface area contributed by atoms with E-state index in [1.807, 2.05) is 60.7 Å². The summed E-state index contributed by atoms with van der Waals surface area (Å²) in [6, 6.07) is 34.6. The van der Waals surface area contributed by atoms with Crippen LogP contribution < -0.4 is 0 Å². The van der Waals surface area contributed by atoms with Crippen molar-refractivity contribution in [2.45, 2.75) is 20.1 Å². The van der Waals surface area contributed by atoms with Crippen LogP contribution in [-0.2, 0) is 26.5 Å². The average Bonchev–Trinajstić information content (AvgIpc) is 2.97. The van der Waals surface area contributed by atoms with Gasteiger partial charge in [0.1, 0.15) is 0 Å². The van der Waals surface area contributed by atoms with Crippen molar-refractivity contribution in [3.8, 4) is 33.6 Å². The molecular formula is C31H26IrN2-2. The maximum absolute atomic E-state index is 8.23. The van der Waals surface area contributed by atoms with Crippen LogP contribution in [0, 0.1) is 19.0 Å². The van der Waals surface area contributed by atoms with Gasteiger partial charge in [-0.05, 0) is 41.3 Å². The maximum Gasteiger partial charge on any atom is 0.0313 e. The zero-order valence-corrected chi connectivity index (χ0v) is 20.5. The van der Waals surface area contributed by atoms with Crippen LogP contribution >= 0.6 is 0 Å². The van der Waals surface area contributed by atoms with E-state index in [2.05, 4.69) is 22.1 Å². The molecule has 1 radical (unpaired) electrons. The van der Waals surface area contributed by atoms with Gasteiger partial charge in [0, 0.05) is 49.0 Å². The minimum atomic E-state index is -2.80. The molecule has 2 heterocycles. The van der Waals surface area contributed by atoms with Crippen LogP contribution in [-0.4, -0.2) is 9.97 Å². The molecule has 2 nitrogen and oxygen atoms in total. The predicted molar refractivity (Wildman–Crippen MR) is 137 cm³/mol. The van der Waals surface area contributed by atoms with Gasteiger partial charge in [0.05, 0.1) is 0 Å². The minimum Gasteiger partial charge on any atom is -0.304 e. The number of benzene rings is 3. The molecule has 0 atom stereocenters. The van der Waals surface area contributed by atoms with Crippen LogP contribution in [0.1, 0.15) is 28.9 Å². The molecule has 0 amide bonds. The van der Waals surface area contributed by atoms with Gasteiger partial charge in [-0.1, -0.05) is 55.4 Å². The molecule has 0 unspecified atom stereocenters. The van der Waals surface area contributed by atoms with E-state index in [4.69, 9.17) is 11.0 Å². The summed E-state index contributed by atoms with van der Waals surface area (Å²) in [4.78, 5) is 8.52. The molecule has 5 rings (SSSR count). The van der Waals surface area contributed by atoms with E-state index in [1.165, 1.54) is 18.5 Å². The fraction of sp³-hybridized carbons (Fsp3) is 0.0968. The molecule has 0 aliphatic carbocycles. The van der Waals surface area contributed by atoms with Gasteiger partial charge in [-0.3, -0.25) is 0 Å². The van der Waals surface area contributed by atoms with Crippen molar-refractivity contribution in [2.24, 2.45) is 0 Å². The van der Waals surface area contributed by atoms with Crippen LogP contribution in [0.5, 0.6) is 0 Å². The van der Waals surface area contributed by atoms with Crippen molar-refractivity contribution in [1.29, 1.82) is 0 Å². The summed E-state index contributed by atoms with van der Waals surface area (Å²) in [6.45, 7) is -4.89. The SMILES string of the molecule is [2H]C([2H])([2H])C([2H])([2H])c1cc(-c2[c-]cccc2)ncc1-c1ccccc1.[2H]C([2H])([2H])c1ccc(-c2[c-]cccc2)nc1.[Ir]. The quantitative estimate of drug-likeness (QED) is 0.192. The first kappa shape index (κ1) is 16.3. The second-order valence-electron chi connectivity index (χ2n) is 7.09. The molecule has 0 spiro atoms. The zero-order chi connectivity index (χ0) is 29.7. The van der Waals surface area contributed by atoms with Gasteiger partial charge in [-0.2, -0.15) is 0 Å². The number of pyridine rings is 2. The number of aryl methyl sites for hydroxylation is 2. The van der Waals surface area contributed by atoms with Crippen LogP contribution in [0.4, 0.5) is 0 Å². The van der Waals surface area contributed by atoms with Gasteiger partial charge >= 0.3 is 0 Å². The number of nitrogens with zero attached hydrogens (tertiary/aromatic N) is 2. The first-order chi connectivity index (χ1) is 19.4. The Morgan fingerprint density at radius 2 is 1.44 bits per heavy atom. The van der Waals surface area contributed by atoms with E-state index < -0.39 is 20.1 Å². The third-order valence-electron chi connectivity index (χ3n) is 4.86. The fourth-order valence-electron chi connectivity index (χ4n) is 3.21. The van der Waals surface area contributed by atoms with Gasteiger partial charge in [-0.15, -0.1) is 71.8 Å². The molecule has 3 heteroatoms. The summed E-state index contributed by atoms with van der Waals surface area (Å²) in [5.41, 5.74) is 4.32. The van der Waals surface area contributed by atoms with Crippen LogP contribution in [0.15, 0.2) is 109 Å². The Labute approximate surface area is 227 Å². The number of hydrogen-bond acceptors (Lipinski definition) is 2. The molecule has 171 valence electrons. The first-order valence-corrected chi connectivity index (χ1v) is 10.3. The zero-order valence-electron chi connectivity index (χ0n) is 26.1. The Morgan fingerprint density at radius 3 is 2.03 bits per heavy atom. The molecule has 0 saturated heterocycles. The summed E-state index contributed by atoms with van der Waals surface area (Å²) in [7, 11) is 0. The summed E-state index contributed by atoms with van der Waals surface area (Å²) < 4.78 is 61.1. The number of rotatable bonds is 4. The molecule has 34 heavy (non-hydrogen) atoms. The maximum atomic E-state index is 8.23. The first-order valence-electron chi connectivity index (χ1n) is 14.3. The molecule has 0 bridgehead atoms. The van der Waals surface area contributed by atoms with Crippen molar-refractivity contribution >= 4 is 0 Å². The minimum absolute atomic E-state index is 0.